The van der Waals surface area contributed by atoms with Crippen molar-refractivity contribution in [3.8, 4) is 0 Å². The summed E-state index contributed by atoms with van der Waals surface area (Å²) in [5.41, 5.74) is 0.296. The minimum absolute atomic E-state index is 0.296. The van der Waals surface area contributed by atoms with Gasteiger partial charge < -0.3 is 4.74 Å². The van der Waals surface area contributed by atoms with E-state index in [4.69, 9.17) is 4.74 Å². The Hall–Kier alpha value is -0.300. The summed E-state index contributed by atoms with van der Waals surface area (Å²) in [4.78, 5) is 0. The average Bonchev–Trinajstić information content (AvgIpc) is 2.72. The van der Waals surface area contributed by atoms with Crippen molar-refractivity contribution in [1.82, 2.24) is 0 Å². The molecule has 1 aliphatic heterocycles. The van der Waals surface area contributed by atoms with Crippen LogP contribution in [-0.2, 0) is 4.74 Å². The molecule has 1 heterocycles. The van der Waals surface area contributed by atoms with Gasteiger partial charge in [0.05, 0.1) is 11.7 Å². The molecular weight excluding hydrogens is 148 g/mol. The third kappa shape index (κ3) is 1.42. The van der Waals surface area contributed by atoms with Crippen LogP contribution in [0.15, 0.2) is 12.7 Å². The summed E-state index contributed by atoms with van der Waals surface area (Å²) < 4.78 is 5.65. The van der Waals surface area contributed by atoms with Gasteiger partial charge in [-0.3, -0.25) is 0 Å². The Morgan fingerprint density at radius 3 is 3.17 bits per heavy atom. The Morgan fingerprint density at radius 1 is 1.67 bits per heavy atom. The van der Waals surface area contributed by atoms with Crippen LogP contribution in [0.5, 0.6) is 0 Å². The predicted molar refractivity (Wildman–Crippen MR) is 50.1 cm³/mol. The molecule has 1 nitrogen and oxygen atoms in total. The lowest BCUT2D eigenvalue weighted by molar-refractivity contribution is 0.299. The highest BCUT2D eigenvalue weighted by atomic mass is 16.6. The summed E-state index contributed by atoms with van der Waals surface area (Å²) in [5.74, 6) is 0.906. The van der Waals surface area contributed by atoms with Gasteiger partial charge in [0.15, 0.2) is 0 Å². The van der Waals surface area contributed by atoms with Crippen molar-refractivity contribution in [2.24, 2.45) is 5.92 Å². The molecule has 0 aromatic rings. The first-order chi connectivity index (χ1) is 5.74. The molecule has 0 amide bonds. The number of hydrogen-bond acceptors (Lipinski definition) is 1. The minimum Gasteiger partial charge on any atom is -0.366 e. The van der Waals surface area contributed by atoms with E-state index in [1.54, 1.807) is 0 Å². The van der Waals surface area contributed by atoms with E-state index in [0.717, 1.165) is 5.92 Å². The van der Waals surface area contributed by atoms with Gasteiger partial charge in [0.1, 0.15) is 0 Å². The number of hydrogen-bond donors (Lipinski definition) is 0. The van der Waals surface area contributed by atoms with Crippen LogP contribution in [0.25, 0.3) is 0 Å². The van der Waals surface area contributed by atoms with E-state index >= 15 is 0 Å². The zero-order valence-corrected chi connectivity index (χ0v) is 7.88. The molecule has 0 N–H and O–H groups in total. The van der Waals surface area contributed by atoms with E-state index in [-0.39, 0.29) is 0 Å². The van der Waals surface area contributed by atoms with Crippen molar-refractivity contribution >= 4 is 0 Å². The lowest BCUT2D eigenvalue weighted by Gasteiger charge is -2.21. The van der Waals surface area contributed by atoms with Gasteiger partial charge in [0, 0.05) is 0 Å². The zero-order valence-electron chi connectivity index (χ0n) is 7.88. The molecule has 1 aliphatic carbocycles. The Morgan fingerprint density at radius 2 is 2.50 bits per heavy atom. The first kappa shape index (κ1) is 8.31. The molecule has 0 aromatic carbocycles. The Balaban J connectivity index is 1.78. The monoisotopic (exact) mass is 166 g/mol. The normalized spacial score (nSPS) is 45.1. The molecule has 2 aliphatic rings. The highest BCUT2D eigenvalue weighted by Gasteiger charge is 2.54. The van der Waals surface area contributed by atoms with Crippen LogP contribution in [0, 0.1) is 5.92 Å². The molecule has 1 heteroatoms. The molecule has 3 unspecified atom stereocenters. The first-order valence-electron chi connectivity index (χ1n) is 5.03. The molecule has 0 bridgehead atoms. The lowest BCUT2D eigenvalue weighted by atomic mass is 9.81. The fourth-order valence-electron chi connectivity index (χ4n) is 2.34. The van der Waals surface area contributed by atoms with E-state index in [9.17, 15) is 0 Å². The van der Waals surface area contributed by atoms with Gasteiger partial charge in [-0.05, 0) is 44.9 Å². The molecule has 0 spiro atoms. The Kier molecular flexibility index (Phi) is 1.99. The van der Waals surface area contributed by atoms with Gasteiger partial charge in [-0.2, -0.15) is 0 Å². The van der Waals surface area contributed by atoms with Crippen LogP contribution >= 0.6 is 0 Å². The first-order valence-corrected chi connectivity index (χ1v) is 5.03. The summed E-state index contributed by atoms with van der Waals surface area (Å²) in [6.45, 7) is 6.01. The van der Waals surface area contributed by atoms with E-state index in [1.807, 2.05) is 6.08 Å². The van der Waals surface area contributed by atoms with Gasteiger partial charge in [0.2, 0.25) is 0 Å². The van der Waals surface area contributed by atoms with Crippen LogP contribution in [0.1, 0.15) is 39.0 Å². The topological polar surface area (TPSA) is 12.5 Å². The number of fused-ring (bicyclic) bond motifs is 1. The molecule has 2 fully saturated rings. The standard InChI is InChI=1S/C11H18O/c1-3-4-5-9-6-7-11(2)10(8-9)12-11/h3,9-10H,1,4-8H2,2H3. The van der Waals surface area contributed by atoms with Gasteiger partial charge in [0.25, 0.3) is 0 Å². The van der Waals surface area contributed by atoms with Crippen molar-refractivity contribution in [1.29, 1.82) is 0 Å². The maximum atomic E-state index is 5.65. The van der Waals surface area contributed by atoms with Crippen LogP contribution in [0.4, 0.5) is 0 Å². The molecule has 1 saturated carbocycles. The van der Waals surface area contributed by atoms with Crippen molar-refractivity contribution in [2.75, 3.05) is 0 Å². The van der Waals surface area contributed by atoms with E-state index < -0.39 is 0 Å². The van der Waals surface area contributed by atoms with Gasteiger partial charge in [-0.15, -0.1) is 6.58 Å². The highest BCUT2D eigenvalue weighted by molar-refractivity contribution is 5.03. The second-order valence-electron chi connectivity index (χ2n) is 4.43. The zero-order chi connectivity index (χ0) is 8.60. The van der Waals surface area contributed by atoms with E-state index in [2.05, 4.69) is 13.5 Å². The summed E-state index contributed by atoms with van der Waals surface area (Å²) in [7, 11) is 0. The average molecular weight is 166 g/mol. The maximum Gasteiger partial charge on any atom is 0.0920 e. The van der Waals surface area contributed by atoms with Crippen molar-refractivity contribution in [2.45, 2.75) is 50.7 Å². The molecule has 68 valence electrons. The van der Waals surface area contributed by atoms with Crippen molar-refractivity contribution < 1.29 is 4.74 Å². The Labute approximate surface area is 74.8 Å². The van der Waals surface area contributed by atoms with Crippen molar-refractivity contribution in [3.05, 3.63) is 12.7 Å². The Bertz CT molecular complexity index is 187. The minimum atomic E-state index is 0.296. The quantitative estimate of drug-likeness (QED) is 0.464. The van der Waals surface area contributed by atoms with Crippen molar-refractivity contribution in [3.63, 3.8) is 0 Å². The summed E-state index contributed by atoms with van der Waals surface area (Å²) >= 11 is 0. The maximum absolute atomic E-state index is 5.65. The SMILES string of the molecule is C=CCCC1CCC2(C)OC2C1. The summed E-state index contributed by atoms with van der Waals surface area (Å²) in [5, 5.41) is 0. The number of allylic oxidation sites excluding steroid dienone is 1. The highest BCUT2D eigenvalue weighted by Crippen LogP contribution is 2.49. The third-order valence-corrected chi connectivity index (χ3v) is 3.41. The largest absolute Gasteiger partial charge is 0.366 e. The van der Waals surface area contributed by atoms with Gasteiger partial charge in [-0.25, -0.2) is 0 Å². The van der Waals surface area contributed by atoms with Crippen LogP contribution in [0.3, 0.4) is 0 Å². The fourth-order valence-corrected chi connectivity index (χ4v) is 2.34. The lowest BCUT2D eigenvalue weighted by Crippen LogP contribution is -2.20. The molecule has 12 heavy (non-hydrogen) atoms. The summed E-state index contributed by atoms with van der Waals surface area (Å²) in [6, 6.07) is 0. The fraction of sp³-hybridized carbons (Fsp3) is 0.818. The van der Waals surface area contributed by atoms with E-state index in [0.29, 0.717) is 11.7 Å². The molecule has 0 aromatic heterocycles. The van der Waals surface area contributed by atoms with Crippen LogP contribution in [0.2, 0.25) is 0 Å². The smallest absolute Gasteiger partial charge is 0.0920 e. The third-order valence-electron chi connectivity index (χ3n) is 3.41. The molecular formula is C11H18O. The van der Waals surface area contributed by atoms with Crippen LogP contribution in [-0.4, -0.2) is 11.7 Å². The molecule has 2 rings (SSSR count). The van der Waals surface area contributed by atoms with Gasteiger partial charge in [-0.1, -0.05) is 6.08 Å². The predicted octanol–water partition coefficient (Wildman–Crippen LogP) is 2.91. The van der Waals surface area contributed by atoms with Gasteiger partial charge >= 0.3 is 0 Å². The number of rotatable bonds is 3. The molecule has 0 radical (unpaired) electrons. The molecule has 1 saturated heterocycles. The number of ether oxygens (including phenoxy) is 1. The second-order valence-corrected chi connectivity index (χ2v) is 4.43. The second kappa shape index (κ2) is 2.88. The summed E-state index contributed by atoms with van der Waals surface area (Å²) in [6.07, 6.45) is 9.06. The van der Waals surface area contributed by atoms with Crippen LogP contribution < -0.4 is 0 Å². The van der Waals surface area contributed by atoms with E-state index in [1.165, 1.54) is 32.1 Å². The molecule has 3 atom stereocenters. The number of epoxide rings is 1.